The van der Waals surface area contributed by atoms with Crippen LogP contribution in [0.4, 0.5) is 4.39 Å². The van der Waals surface area contributed by atoms with Gasteiger partial charge in [0.2, 0.25) is 0 Å². The summed E-state index contributed by atoms with van der Waals surface area (Å²) in [7, 11) is 0. The van der Waals surface area contributed by atoms with E-state index in [1.54, 1.807) is 32.0 Å². The van der Waals surface area contributed by atoms with E-state index in [0.29, 0.717) is 22.6 Å². The van der Waals surface area contributed by atoms with Crippen LogP contribution < -0.4 is 0 Å². The van der Waals surface area contributed by atoms with Crippen molar-refractivity contribution in [2.24, 2.45) is 0 Å². The SMILES string of the molecule is Cc1nn(-c2ccc(F)cc2)c(C)c1C(=O)OCC#N. The highest BCUT2D eigenvalue weighted by molar-refractivity contribution is 5.92. The van der Waals surface area contributed by atoms with E-state index in [4.69, 9.17) is 10.00 Å². The minimum Gasteiger partial charge on any atom is -0.447 e. The first-order valence-electron chi connectivity index (χ1n) is 5.91. The van der Waals surface area contributed by atoms with Crippen LogP contribution in [0.2, 0.25) is 0 Å². The molecule has 0 aliphatic rings. The van der Waals surface area contributed by atoms with Crippen LogP contribution in [0.1, 0.15) is 21.7 Å². The van der Waals surface area contributed by atoms with Crippen molar-refractivity contribution in [1.82, 2.24) is 9.78 Å². The normalized spacial score (nSPS) is 10.1. The Morgan fingerprint density at radius 1 is 1.40 bits per heavy atom. The molecule has 6 heteroatoms. The molecule has 0 fully saturated rings. The molecule has 1 aromatic heterocycles. The maximum Gasteiger partial charge on any atom is 0.342 e. The van der Waals surface area contributed by atoms with Crippen molar-refractivity contribution >= 4 is 5.97 Å². The molecule has 0 saturated heterocycles. The average Bonchev–Trinajstić information content (AvgIpc) is 2.72. The highest BCUT2D eigenvalue weighted by atomic mass is 19.1. The zero-order chi connectivity index (χ0) is 14.7. The first-order chi connectivity index (χ1) is 9.54. The van der Waals surface area contributed by atoms with Crippen molar-refractivity contribution in [3.05, 3.63) is 47.0 Å². The van der Waals surface area contributed by atoms with Crippen LogP contribution in [0.15, 0.2) is 24.3 Å². The van der Waals surface area contributed by atoms with Gasteiger partial charge in [-0.25, -0.2) is 13.9 Å². The lowest BCUT2D eigenvalue weighted by molar-refractivity contribution is 0.0553. The molecule has 0 aliphatic heterocycles. The van der Waals surface area contributed by atoms with E-state index in [-0.39, 0.29) is 12.4 Å². The Labute approximate surface area is 115 Å². The van der Waals surface area contributed by atoms with Gasteiger partial charge in [0.15, 0.2) is 6.61 Å². The summed E-state index contributed by atoms with van der Waals surface area (Å²) in [6.07, 6.45) is 0. The Hall–Kier alpha value is -2.68. The number of esters is 1. The summed E-state index contributed by atoms with van der Waals surface area (Å²) in [6, 6.07) is 7.52. The van der Waals surface area contributed by atoms with Gasteiger partial charge in [0, 0.05) is 0 Å². The lowest BCUT2D eigenvalue weighted by atomic mass is 10.2. The summed E-state index contributed by atoms with van der Waals surface area (Å²) in [5.74, 6) is -0.932. The molecule has 0 bridgehead atoms. The number of hydrogen-bond donors (Lipinski definition) is 0. The van der Waals surface area contributed by atoms with Crippen molar-refractivity contribution in [2.45, 2.75) is 13.8 Å². The van der Waals surface area contributed by atoms with Crippen LogP contribution in [0.25, 0.3) is 5.69 Å². The van der Waals surface area contributed by atoms with Crippen LogP contribution in [0.5, 0.6) is 0 Å². The molecule has 5 nitrogen and oxygen atoms in total. The van der Waals surface area contributed by atoms with Crippen LogP contribution in [0, 0.1) is 31.0 Å². The third-order valence-electron chi connectivity index (χ3n) is 2.83. The van der Waals surface area contributed by atoms with Gasteiger partial charge in [-0.3, -0.25) is 0 Å². The fourth-order valence-electron chi connectivity index (χ4n) is 1.94. The van der Waals surface area contributed by atoms with Crippen molar-refractivity contribution in [2.75, 3.05) is 6.61 Å². The number of ether oxygens (including phenoxy) is 1. The van der Waals surface area contributed by atoms with Gasteiger partial charge in [0.25, 0.3) is 0 Å². The van der Waals surface area contributed by atoms with Crippen LogP contribution in [0.3, 0.4) is 0 Å². The second-order valence-corrected chi connectivity index (χ2v) is 4.17. The van der Waals surface area contributed by atoms with Gasteiger partial charge in [-0.1, -0.05) is 0 Å². The molecule has 0 atom stereocenters. The van der Waals surface area contributed by atoms with E-state index in [2.05, 4.69) is 5.10 Å². The van der Waals surface area contributed by atoms with E-state index in [0.717, 1.165) is 0 Å². The lowest BCUT2D eigenvalue weighted by Crippen LogP contribution is -2.08. The minimum absolute atomic E-state index is 0.306. The molecule has 2 aromatic rings. The number of nitriles is 1. The quantitative estimate of drug-likeness (QED) is 0.805. The summed E-state index contributed by atoms with van der Waals surface area (Å²) < 4.78 is 19.3. The summed E-state index contributed by atoms with van der Waals surface area (Å²) in [5.41, 5.74) is 2.04. The van der Waals surface area contributed by atoms with Gasteiger partial charge in [0.1, 0.15) is 17.4 Å². The molecule has 102 valence electrons. The molecule has 0 amide bonds. The van der Waals surface area contributed by atoms with Gasteiger partial charge in [-0.15, -0.1) is 0 Å². The number of benzene rings is 1. The topological polar surface area (TPSA) is 67.9 Å². The van der Waals surface area contributed by atoms with Crippen LogP contribution in [-0.4, -0.2) is 22.4 Å². The van der Waals surface area contributed by atoms with Gasteiger partial charge in [-0.2, -0.15) is 10.4 Å². The summed E-state index contributed by atoms with van der Waals surface area (Å²) in [6.45, 7) is 3.09. The molecule has 2 rings (SSSR count). The fraction of sp³-hybridized carbons (Fsp3) is 0.214. The Kier molecular flexibility index (Phi) is 3.80. The molecule has 0 saturated carbocycles. The van der Waals surface area contributed by atoms with Gasteiger partial charge in [0.05, 0.1) is 17.1 Å². The fourth-order valence-corrected chi connectivity index (χ4v) is 1.94. The molecule has 0 spiro atoms. The van der Waals surface area contributed by atoms with E-state index in [9.17, 15) is 9.18 Å². The summed E-state index contributed by atoms with van der Waals surface area (Å²) in [4.78, 5) is 11.9. The number of carbonyl (C=O) groups excluding carboxylic acids is 1. The van der Waals surface area contributed by atoms with Crippen molar-refractivity contribution in [3.8, 4) is 11.8 Å². The number of aryl methyl sites for hydroxylation is 1. The number of carbonyl (C=O) groups is 1. The summed E-state index contributed by atoms with van der Waals surface area (Å²) in [5, 5.41) is 12.7. The predicted octanol–water partition coefficient (Wildman–Crippen LogP) is 2.31. The Morgan fingerprint density at radius 2 is 2.05 bits per heavy atom. The highest BCUT2D eigenvalue weighted by Gasteiger charge is 2.20. The minimum atomic E-state index is -0.588. The molecule has 1 aromatic carbocycles. The summed E-state index contributed by atoms with van der Waals surface area (Å²) >= 11 is 0. The predicted molar refractivity (Wildman–Crippen MR) is 68.9 cm³/mol. The molecule has 0 unspecified atom stereocenters. The molecule has 0 radical (unpaired) electrons. The van der Waals surface area contributed by atoms with Gasteiger partial charge in [-0.05, 0) is 38.1 Å². The Morgan fingerprint density at radius 3 is 2.65 bits per heavy atom. The van der Waals surface area contributed by atoms with Gasteiger partial charge >= 0.3 is 5.97 Å². The first-order valence-corrected chi connectivity index (χ1v) is 5.91. The van der Waals surface area contributed by atoms with Crippen LogP contribution in [-0.2, 0) is 4.74 Å². The molecular formula is C14H12FN3O2. The number of rotatable bonds is 3. The largest absolute Gasteiger partial charge is 0.447 e. The van der Waals surface area contributed by atoms with Gasteiger partial charge < -0.3 is 4.74 Å². The molecule has 1 heterocycles. The van der Waals surface area contributed by atoms with Crippen molar-refractivity contribution in [1.29, 1.82) is 5.26 Å². The second kappa shape index (κ2) is 5.53. The third kappa shape index (κ3) is 2.52. The van der Waals surface area contributed by atoms with E-state index in [1.807, 2.05) is 0 Å². The number of aromatic nitrogens is 2. The van der Waals surface area contributed by atoms with Crippen LogP contribution >= 0.6 is 0 Å². The first kappa shape index (κ1) is 13.7. The monoisotopic (exact) mass is 273 g/mol. The highest BCUT2D eigenvalue weighted by Crippen LogP contribution is 2.19. The number of nitrogens with zero attached hydrogens (tertiary/aromatic N) is 3. The Bertz CT molecular complexity index is 684. The second-order valence-electron chi connectivity index (χ2n) is 4.17. The third-order valence-corrected chi connectivity index (χ3v) is 2.83. The maximum atomic E-state index is 12.9. The molecule has 0 aliphatic carbocycles. The molecule has 20 heavy (non-hydrogen) atoms. The van der Waals surface area contributed by atoms with Crippen molar-refractivity contribution in [3.63, 3.8) is 0 Å². The number of halogens is 1. The zero-order valence-corrected chi connectivity index (χ0v) is 11.1. The molecular weight excluding hydrogens is 261 g/mol. The Balaban J connectivity index is 2.41. The standard InChI is InChI=1S/C14H12FN3O2/c1-9-13(14(19)20-8-7-16)10(2)18(17-9)12-5-3-11(15)4-6-12/h3-6H,8H2,1-2H3. The van der Waals surface area contributed by atoms with E-state index in [1.165, 1.54) is 16.8 Å². The lowest BCUT2D eigenvalue weighted by Gasteiger charge is -2.05. The average molecular weight is 273 g/mol. The smallest absolute Gasteiger partial charge is 0.342 e. The van der Waals surface area contributed by atoms with Crippen molar-refractivity contribution < 1.29 is 13.9 Å². The zero-order valence-electron chi connectivity index (χ0n) is 11.1. The van der Waals surface area contributed by atoms with E-state index < -0.39 is 5.97 Å². The maximum absolute atomic E-state index is 12.9. The molecule has 0 N–H and O–H groups in total. The number of hydrogen-bond acceptors (Lipinski definition) is 4. The van der Waals surface area contributed by atoms with E-state index >= 15 is 0 Å².